The SMILES string of the molecule is FC(F)(F)CN1CCN(c2ccc3nnnn3n2)CC1. The fourth-order valence-electron chi connectivity index (χ4n) is 2.20. The van der Waals surface area contributed by atoms with Crippen molar-refractivity contribution in [2.45, 2.75) is 6.18 Å². The molecule has 1 aliphatic heterocycles. The summed E-state index contributed by atoms with van der Waals surface area (Å²) >= 11 is 0. The lowest BCUT2D eigenvalue weighted by Gasteiger charge is -2.35. The molecule has 108 valence electrons. The lowest BCUT2D eigenvalue weighted by Crippen LogP contribution is -2.49. The molecule has 0 radical (unpaired) electrons. The van der Waals surface area contributed by atoms with Crippen LogP contribution in [0.3, 0.4) is 0 Å². The number of halogens is 3. The normalized spacial score (nSPS) is 17.9. The lowest BCUT2D eigenvalue weighted by atomic mass is 10.3. The quantitative estimate of drug-likeness (QED) is 0.786. The lowest BCUT2D eigenvalue weighted by molar-refractivity contribution is -0.146. The maximum Gasteiger partial charge on any atom is 0.401 e. The maximum atomic E-state index is 12.3. The highest BCUT2D eigenvalue weighted by molar-refractivity contribution is 5.44. The summed E-state index contributed by atoms with van der Waals surface area (Å²) < 4.78 is 38.2. The van der Waals surface area contributed by atoms with Crippen molar-refractivity contribution in [2.24, 2.45) is 0 Å². The number of hydrogen-bond acceptors (Lipinski definition) is 6. The summed E-state index contributed by atoms with van der Waals surface area (Å²) in [5.74, 6) is 0.663. The molecular weight excluding hydrogens is 275 g/mol. The van der Waals surface area contributed by atoms with E-state index < -0.39 is 12.7 Å². The van der Waals surface area contributed by atoms with Crippen molar-refractivity contribution in [3.63, 3.8) is 0 Å². The third kappa shape index (κ3) is 2.79. The van der Waals surface area contributed by atoms with E-state index in [1.165, 1.54) is 9.53 Å². The van der Waals surface area contributed by atoms with Gasteiger partial charge in [-0.25, -0.2) is 0 Å². The van der Waals surface area contributed by atoms with Crippen LogP contribution in [0.4, 0.5) is 19.0 Å². The van der Waals surface area contributed by atoms with Crippen LogP contribution in [0.25, 0.3) is 5.65 Å². The standard InChI is InChI=1S/C10H12F3N7/c11-10(12,13)7-18-3-5-19(6-4-18)9-2-1-8-14-16-17-20(8)15-9/h1-2H,3-7H2. The third-order valence-electron chi connectivity index (χ3n) is 3.15. The van der Waals surface area contributed by atoms with Crippen molar-refractivity contribution in [1.29, 1.82) is 0 Å². The third-order valence-corrected chi connectivity index (χ3v) is 3.15. The molecule has 0 spiro atoms. The van der Waals surface area contributed by atoms with Crippen molar-refractivity contribution >= 4 is 11.5 Å². The van der Waals surface area contributed by atoms with Gasteiger partial charge < -0.3 is 4.90 Å². The highest BCUT2D eigenvalue weighted by atomic mass is 19.4. The second-order valence-corrected chi connectivity index (χ2v) is 4.60. The molecule has 0 aromatic carbocycles. The molecular formula is C10H12F3N7. The number of hydrogen-bond donors (Lipinski definition) is 0. The Labute approximate surface area is 112 Å². The van der Waals surface area contributed by atoms with Crippen LogP contribution >= 0.6 is 0 Å². The van der Waals surface area contributed by atoms with Gasteiger partial charge in [0.2, 0.25) is 0 Å². The molecule has 1 fully saturated rings. The van der Waals surface area contributed by atoms with Gasteiger partial charge in [-0.3, -0.25) is 4.90 Å². The van der Waals surface area contributed by atoms with Gasteiger partial charge in [-0.15, -0.1) is 14.8 Å². The number of rotatable bonds is 2. The summed E-state index contributed by atoms with van der Waals surface area (Å²) in [7, 11) is 0. The fourth-order valence-corrected chi connectivity index (χ4v) is 2.20. The van der Waals surface area contributed by atoms with Crippen LogP contribution in [-0.4, -0.2) is 69.1 Å². The molecule has 3 rings (SSSR count). The Balaban J connectivity index is 1.65. The molecule has 3 heterocycles. The van der Waals surface area contributed by atoms with Gasteiger partial charge in [-0.1, -0.05) is 0 Å². The minimum atomic E-state index is -4.15. The number of nitrogens with zero attached hydrogens (tertiary/aromatic N) is 7. The predicted molar refractivity (Wildman–Crippen MR) is 63.3 cm³/mol. The van der Waals surface area contributed by atoms with E-state index in [0.717, 1.165) is 0 Å². The first kappa shape index (κ1) is 13.0. The first-order valence-corrected chi connectivity index (χ1v) is 6.11. The van der Waals surface area contributed by atoms with E-state index in [4.69, 9.17) is 0 Å². The van der Waals surface area contributed by atoms with Gasteiger partial charge in [0.15, 0.2) is 11.5 Å². The number of alkyl halides is 3. The Morgan fingerprint density at radius 3 is 2.55 bits per heavy atom. The zero-order chi connectivity index (χ0) is 14.2. The van der Waals surface area contributed by atoms with Crippen molar-refractivity contribution in [3.8, 4) is 0 Å². The van der Waals surface area contributed by atoms with Gasteiger partial charge >= 0.3 is 6.18 Å². The van der Waals surface area contributed by atoms with Crippen LogP contribution in [0.15, 0.2) is 12.1 Å². The number of fused-ring (bicyclic) bond motifs is 1. The summed E-state index contributed by atoms with van der Waals surface area (Å²) in [6.45, 7) is 0.845. The van der Waals surface area contributed by atoms with Crippen LogP contribution in [0.1, 0.15) is 0 Å². The Kier molecular flexibility index (Phi) is 3.16. The van der Waals surface area contributed by atoms with Gasteiger partial charge in [0, 0.05) is 26.2 Å². The summed E-state index contributed by atoms with van der Waals surface area (Å²) in [5.41, 5.74) is 0.532. The van der Waals surface area contributed by atoms with Crippen LogP contribution < -0.4 is 4.90 Å². The van der Waals surface area contributed by atoms with E-state index in [2.05, 4.69) is 20.6 Å². The summed E-state index contributed by atoms with van der Waals surface area (Å²) in [5, 5.41) is 15.2. The van der Waals surface area contributed by atoms with Gasteiger partial charge in [0.25, 0.3) is 0 Å². The Bertz CT molecular complexity index is 588. The highest BCUT2D eigenvalue weighted by Gasteiger charge is 2.32. The van der Waals surface area contributed by atoms with Crippen molar-refractivity contribution in [3.05, 3.63) is 12.1 Å². The average molecular weight is 287 g/mol. The monoisotopic (exact) mass is 287 g/mol. The van der Waals surface area contributed by atoms with Crippen molar-refractivity contribution in [1.82, 2.24) is 30.2 Å². The van der Waals surface area contributed by atoms with E-state index in [9.17, 15) is 13.2 Å². The predicted octanol–water partition coefficient (Wildman–Crippen LogP) is 0.204. The van der Waals surface area contributed by atoms with Crippen LogP contribution in [0.5, 0.6) is 0 Å². The zero-order valence-corrected chi connectivity index (χ0v) is 10.5. The second kappa shape index (κ2) is 4.85. The van der Waals surface area contributed by atoms with Crippen LogP contribution in [0.2, 0.25) is 0 Å². The van der Waals surface area contributed by atoms with Crippen LogP contribution in [-0.2, 0) is 0 Å². The molecule has 2 aromatic rings. The first-order valence-electron chi connectivity index (χ1n) is 6.11. The maximum absolute atomic E-state index is 12.3. The van der Waals surface area contributed by atoms with E-state index in [1.54, 1.807) is 12.1 Å². The minimum Gasteiger partial charge on any atom is -0.353 e. The molecule has 0 aliphatic carbocycles. The summed E-state index contributed by atoms with van der Waals surface area (Å²) in [6, 6.07) is 3.50. The summed E-state index contributed by atoms with van der Waals surface area (Å²) in [4.78, 5) is 3.32. The van der Waals surface area contributed by atoms with Gasteiger partial charge in [-0.05, 0) is 22.6 Å². The molecule has 0 amide bonds. The Morgan fingerprint density at radius 2 is 1.85 bits per heavy atom. The number of aromatic nitrogens is 5. The molecule has 20 heavy (non-hydrogen) atoms. The van der Waals surface area contributed by atoms with Crippen LogP contribution in [0, 0.1) is 0 Å². The molecule has 7 nitrogen and oxygen atoms in total. The van der Waals surface area contributed by atoms with E-state index in [0.29, 0.717) is 37.6 Å². The number of anilines is 1. The van der Waals surface area contributed by atoms with E-state index in [-0.39, 0.29) is 0 Å². The first-order chi connectivity index (χ1) is 9.51. The van der Waals surface area contributed by atoms with E-state index >= 15 is 0 Å². The average Bonchev–Trinajstić information content (AvgIpc) is 2.85. The van der Waals surface area contributed by atoms with Crippen molar-refractivity contribution in [2.75, 3.05) is 37.6 Å². The van der Waals surface area contributed by atoms with Gasteiger partial charge in [0.1, 0.15) is 0 Å². The second-order valence-electron chi connectivity index (χ2n) is 4.60. The van der Waals surface area contributed by atoms with Crippen molar-refractivity contribution < 1.29 is 13.2 Å². The van der Waals surface area contributed by atoms with Gasteiger partial charge in [-0.2, -0.15) is 13.2 Å². The molecule has 0 unspecified atom stereocenters. The fraction of sp³-hybridized carbons (Fsp3) is 0.600. The Hall–Kier alpha value is -1.97. The minimum absolute atomic E-state index is 0.356. The van der Waals surface area contributed by atoms with E-state index in [1.807, 2.05) is 4.90 Å². The van der Waals surface area contributed by atoms with Gasteiger partial charge in [0.05, 0.1) is 6.54 Å². The largest absolute Gasteiger partial charge is 0.401 e. The molecule has 1 saturated heterocycles. The smallest absolute Gasteiger partial charge is 0.353 e. The molecule has 0 saturated carbocycles. The molecule has 10 heteroatoms. The molecule has 0 atom stereocenters. The molecule has 0 bridgehead atoms. The molecule has 1 aliphatic rings. The summed E-state index contributed by atoms with van der Waals surface area (Å²) in [6.07, 6.45) is -4.15. The number of tetrazole rings is 1. The zero-order valence-electron chi connectivity index (χ0n) is 10.5. The topological polar surface area (TPSA) is 62.5 Å². The Morgan fingerprint density at radius 1 is 1.10 bits per heavy atom. The molecule has 0 N–H and O–H groups in total. The highest BCUT2D eigenvalue weighted by Crippen LogP contribution is 2.19. The number of piperazine rings is 1. The molecule has 2 aromatic heterocycles.